The molecular formula is C11H12N2O4S. The molecule has 18 heavy (non-hydrogen) atoms. The fraction of sp³-hybridized carbons (Fsp3) is 0.273. The van der Waals surface area contributed by atoms with Crippen LogP contribution >= 0.6 is 0 Å². The predicted molar refractivity (Wildman–Crippen MR) is 65.8 cm³/mol. The number of nitriles is 1. The van der Waals surface area contributed by atoms with E-state index >= 15 is 0 Å². The van der Waals surface area contributed by atoms with E-state index < -0.39 is 21.2 Å². The first-order valence-electron chi connectivity index (χ1n) is 5.03. The van der Waals surface area contributed by atoms with Crippen molar-refractivity contribution in [2.45, 2.75) is 19.1 Å². The van der Waals surface area contributed by atoms with E-state index in [0.29, 0.717) is 5.56 Å². The molecule has 0 aliphatic rings. The summed E-state index contributed by atoms with van der Waals surface area (Å²) in [5.74, 6) is -1.24. The van der Waals surface area contributed by atoms with E-state index in [1.54, 1.807) is 19.1 Å². The zero-order valence-electron chi connectivity index (χ0n) is 9.84. The van der Waals surface area contributed by atoms with Crippen LogP contribution in [0.3, 0.4) is 0 Å². The molecule has 2 N–H and O–H groups in total. The molecule has 1 rings (SSSR count). The fourth-order valence-corrected chi connectivity index (χ4v) is 2.04. The maximum Gasteiger partial charge on any atom is 0.337 e. The molecule has 1 unspecified atom stereocenters. The SMILES string of the molecule is Cc1ccc(NS(=O)(=O)C(C)C#N)c(C(=O)O)c1. The van der Waals surface area contributed by atoms with Crippen molar-refractivity contribution in [1.29, 1.82) is 5.26 Å². The first-order valence-corrected chi connectivity index (χ1v) is 6.57. The highest BCUT2D eigenvalue weighted by Gasteiger charge is 2.22. The number of anilines is 1. The molecule has 1 aromatic carbocycles. The molecule has 0 saturated carbocycles. The van der Waals surface area contributed by atoms with Crippen molar-refractivity contribution in [2.75, 3.05) is 4.72 Å². The number of hydrogen-bond acceptors (Lipinski definition) is 4. The smallest absolute Gasteiger partial charge is 0.337 e. The number of aromatic carboxylic acids is 1. The fourth-order valence-electron chi connectivity index (χ4n) is 1.24. The Labute approximate surface area is 105 Å². The lowest BCUT2D eigenvalue weighted by molar-refractivity contribution is 0.0698. The number of hydrogen-bond donors (Lipinski definition) is 2. The summed E-state index contributed by atoms with van der Waals surface area (Å²) in [6.45, 7) is 2.92. The largest absolute Gasteiger partial charge is 0.478 e. The monoisotopic (exact) mass is 268 g/mol. The van der Waals surface area contributed by atoms with Crippen LogP contribution in [0.1, 0.15) is 22.8 Å². The first kappa shape index (κ1) is 14.0. The van der Waals surface area contributed by atoms with Crippen molar-refractivity contribution < 1.29 is 18.3 Å². The minimum atomic E-state index is -3.91. The van der Waals surface area contributed by atoms with Gasteiger partial charge in [0.25, 0.3) is 0 Å². The molecule has 1 aromatic rings. The van der Waals surface area contributed by atoms with Crippen molar-refractivity contribution in [3.8, 4) is 6.07 Å². The summed E-state index contributed by atoms with van der Waals surface area (Å²) in [6, 6.07) is 5.89. The molecule has 0 fully saturated rings. The molecule has 0 radical (unpaired) electrons. The Morgan fingerprint density at radius 3 is 2.61 bits per heavy atom. The average molecular weight is 268 g/mol. The first-order chi connectivity index (χ1) is 8.27. The van der Waals surface area contributed by atoms with E-state index in [1.165, 1.54) is 19.1 Å². The van der Waals surface area contributed by atoms with Crippen LogP contribution in [-0.4, -0.2) is 24.7 Å². The van der Waals surface area contributed by atoms with Crippen LogP contribution in [0, 0.1) is 18.3 Å². The van der Waals surface area contributed by atoms with E-state index in [4.69, 9.17) is 10.4 Å². The molecular weight excluding hydrogens is 256 g/mol. The highest BCUT2D eigenvalue weighted by Crippen LogP contribution is 2.19. The lowest BCUT2D eigenvalue weighted by Crippen LogP contribution is -2.24. The summed E-state index contributed by atoms with van der Waals surface area (Å²) < 4.78 is 25.4. The van der Waals surface area contributed by atoms with Gasteiger partial charge < -0.3 is 5.11 Å². The summed E-state index contributed by atoms with van der Waals surface area (Å²) >= 11 is 0. The Morgan fingerprint density at radius 1 is 1.50 bits per heavy atom. The molecule has 0 amide bonds. The van der Waals surface area contributed by atoms with Gasteiger partial charge in [-0.25, -0.2) is 13.2 Å². The minimum Gasteiger partial charge on any atom is -0.478 e. The van der Waals surface area contributed by atoms with Crippen molar-refractivity contribution in [3.05, 3.63) is 29.3 Å². The van der Waals surface area contributed by atoms with E-state index in [-0.39, 0.29) is 11.3 Å². The molecule has 0 bridgehead atoms. The van der Waals surface area contributed by atoms with Gasteiger partial charge in [0, 0.05) is 0 Å². The number of carboxylic acids is 1. The van der Waals surface area contributed by atoms with Gasteiger partial charge in [0.1, 0.15) is 0 Å². The highest BCUT2D eigenvalue weighted by atomic mass is 32.2. The Balaban J connectivity index is 3.21. The van der Waals surface area contributed by atoms with E-state index in [0.717, 1.165) is 0 Å². The molecule has 0 aliphatic carbocycles. The van der Waals surface area contributed by atoms with Crippen molar-refractivity contribution in [1.82, 2.24) is 0 Å². The van der Waals surface area contributed by atoms with Crippen LogP contribution in [0.5, 0.6) is 0 Å². The zero-order chi connectivity index (χ0) is 13.9. The topological polar surface area (TPSA) is 107 Å². The van der Waals surface area contributed by atoms with Gasteiger partial charge in [-0.2, -0.15) is 5.26 Å². The van der Waals surface area contributed by atoms with E-state index in [9.17, 15) is 13.2 Å². The molecule has 0 saturated heterocycles. The van der Waals surface area contributed by atoms with Gasteiger partial charge in [-0.1, -0.05) is 11.6 Å². The molecule has 96 valence electrons. The Bertz CT molecular complexity index is 616. The zero-order valence-corrected chi connectivity index (χ0v) is 10.7. The Hall–Kier alpha value is -2.07. The second kappa shape index (κ2) is 5.06. The van der Waals surface area contributed by atoms with Gasteiger partial charge >= 0.3 is 5.97 Å². The van der Waals surface area contributed by atoms with Gasteiger partial charge in [-0.3, -0.25) is 4.72 Å². The Kier molecular flexibility index (Phi) is 3.93. The van der Waals surface area contributed by atoms with Gasteiger partial charge in [0.05, 0.1) is 17.3 Å². The van der Waals surface area contributed by atoms with Crippen LogP contribution in [0.15, 0.2) is 18.2 Å². The second-order valence-electron chi connectivity index (χ2n) is 3.77. The molecule has 7 heteroatoms. The predicted octanol–water partition coefficient (Wildman–Crippen LogP) is 1.35. The molecule has 0 aliphatic heterocycles. The lowest BCUT2D eigenvalue weighted by atomic mass is 10.1. The third kappa shape index (κ3) is 2.99. The molecule has 6 nitrogen and oxygen atoms in total. The Morgan fingerprint density at radius 2 is 2.11 bits per heavy atom. The van der Waals surface area contributed by atoms with Gasteiger partial charge in [0.15, 0.2) is 5.25 Å². The molecule has 0 heterocycles. The maximum absolute atomic E-state index is 11.7. The van der Waals surface area contributed by atoms with E-state index in [1.807, 2.05) is 0 Å². The van der Waals surface area contributed by atoms with Gasteiger partial charge in [-0.15, -0.1) is 0 Å². The second-order valence-corrected chi connectivity index (χ2v) is 5.77. The van der Waals surface area contributed by atoms with Crippen molar-refractivity contribution in [3.63, 3.8) is 0 Å². The van der Waals surface area contributed by atoms with Crippen LogP contribution in [0.4, 0.5) is 5.69 Å². The maximum atomic E-state index is 11.7. The normalized spacial score (nSPS) is 12.5. The number of aryl methyl sites for hydroxylation is 1. The minimum absolute atomic E-state index is 0.0461. The number of rotatable bonds is 4. The van der Waals surface area contributed by atoms with Crippen LogP contribution in [-0.2, 0) is 10.0 Å². The van der Waals surface area contributed by atoms with Crippen LogP contribution in [0.2, 0.25) is 0 Å². The number of sulfonamides is 1. The third-order valence-corrected chi connectivity index (χ3v) is 3.85. The summed E-state index contributed by atoms with van der Waals surface area (Å²) in [5.41, 5.74) is 0.502. The van der Waals surface area contributed by atoms with Crippen molar-refractivity contribution in [2.24, 2.45) is 0 Å². The van der Waals surface area contributed by atoms with Crippen LogP contribution < -0.4 is 4.72 Å². The summed E-state index contributed by atoms with van der Waals surface area (Å²) in [5, 5.41) is 16.3. The summed E-state index contributed by atoms with van der Waals surface area (Å²) in [4.78, 5) is 11.0. The van der Waals surface area contributed by atoms with Crippen LogP contribution in [0.25, 0.3) is 0 Å². The molecule has 0 spiro atoms. The lowest BCUT2D eigenvalue weighted by Gasteiger charge is -2.12. The van der Waals surface area contributed by atoms with E-state index in [2.05, 4.69) is 4.72 Å². The number of carbonyl (C=O) groups is 1. The average Bonchev–Trinajstić information content (AvgIpc) is 2.29. The quantitative estimate of drug-likeness (QED) is 0.857. The number of nitrogens with one attached hydrogen (secondary N) is 1. The van der Waals surface area contributed by atoms with Gasteiger partial charge in [-0.05, 0) is 26.0 Å². The standard InChI is InChI=1S/C11H12N2O4S/c1-7-3-4-10(9(5-7)11(14)15)13-18(16,17)8(2)6-12/h3-5,8,13H,1-2H3,(H,14,15). The van der Waals surface area contributed by atoms with Crippen molar-refractivity contribution >= 4 is 21.7 Å². The summed E-state index contributed by atoms with van der Waals surface area (Å²) in [6.07, 6.45) is 0. The molecule has 0 aromatic heterocycles. The number of carboxylic acid groups (broad SMARTS) is 1. The van der Waals surface area contributed by atoms with Gasteiger partial charge in [0.2, 0.25) is 10.0 Å². The number of nitrogens with zero attached hydrogens (tertiary/aromatic N) is 1. The molecule has 1 atom stereocenters. The third-order valence-electron chi connectivity index (χ3n) is 2.30. The number of benzene rings is 1. The summed E-state index contributed by atoms with van der Waals surface area (Å²) in [7, 11) is -3.91. The highest BCUT2D eigenvalue weighted by molar-refractivity contribution is 7.93.